The number of rotatable bonds is 5. The van der Waals surface area contributed by atoms with Crippen LogP contribution in [0.5, 0.6) is 0 Å². The topological polar surface area (TPSA) is 47.6 Å². The molecule has 1 aliphatic rings. The van der Waals surface area contributed by atoms with Crippen molar-refractivity contribution in [3.8, 4) is 0 Å². The van der Waals surface area contributed by atoms with Crippen LogP contribution in [0.3, 0.4) is 0 Å². The molecule has 1 aliphatic heterocycles. The summed E-state index contributed by atoms with van der Waals surface area (Å²) in [4.78, 5) is 11.6. The minimum atomic E-state index is -0.621. The third-order valence-corrected chi connectivity index (χ3v) is 3.05. The van der Waals surface area contributed by atoms with Crippen molar-refractivity contribution >= 4 is 5.97 Å². The Kier molecular flexibility index (Phi) is 3.76. The Labute approximate surface area is 101 Å². The van der Waals surface area contributed by atoms with Crippen LogP contribution in [0, 0.1) is 0 Å². The maximum atomic E-state index is 11.6. The lowest BCUT2D eigenvalue weighted by molar-refractivity contribution is -0.156. The number of carbonyl (C=O) groups is 1. The molecule has 4 nitrogen and oxygen atoms in total. The van der Waals surface area contributed by atoms with Gasteiger partial charge in [-0.2, -0.15) is 0 Å². The first kappa shape index (κ1) is 12.1. The van der Waals surface area contributed by atoms with Crippen molar-refractivity contribution < 1.29 is 14.3 Å². The molecule has 92 valence electrons. The molecular formula is C13H17NO3. The lowest BCUT2D eigenvalue weighted by atomic mass is 9.89. The third-order valence-electron chi connectivity index (χ3n) is 3.05. The van der Waals surface area contributed by atoms with Crippen LogP contribution < -0.4 is 5.32 Å². The fourth-order valence-corrected chi connectivity index (χ4v) is 1.90. The van der Waals surface area contributed by atoms with E-state index in [1.807, 2.05) is 30.3 Å². The summed E-state index contributed by atoms with van der Waals surface area (Å²) in [7, 11) is 1.40. The number of hydrogen-bond donors (Lipinski definition) is 1. The van der Waals surface area contributed by atoms with E-state index in [0.29, 0.717) is 13.2 Å². The van der Waals surface area contributed by atoms with Crippen LogP contribution in [0.2, 0.25) is 0 Å². The van der Waals surface area contributed by atoms with Gasteiger partial charge in [-0.15, -0.1) is 0 Å². The summed E-state index contributed by atoms with van der Waals surface area (Å²) in [5.41, 5.74) is 0.482. The molecule has 1 aromatic rings. The summed E-state index contributed by atoms with van der Waals surface area (Å²) < 4.78 is 10.4. The van der Waals surface area contributed by atoms with Crippen LogP contribution in [0.1, 0.15) is 12.0 Å². The number of methoxy groups -OCH3 is 1. The molecule has 0 radical (unpaired) electrons. The highest BCUT2D eigenvalue weighted by Gasteiger charge is 2.45. The van der Waals surface area contributed by atoms with Gasteiger partial charge < -0.3 is 9.47 Å². The summed E-state index contributed by atoms with van der Waals surface area (Å²) in [6.07, 6.45) is 0.772. The average molecular weight is 235 g/mol. The Bertz CT molecular complexity index is 374. The molecule has 0 saturated carbocycles. The Morgan fingerprint density at radius 3 is 2.65 bits per heavy atom. The van der Waals surface area contributed by atoms with Crippen LogP contribution in [-0.4, -0.2) is 31.8 Å². The first-order chi connectivity index (χ1) is 8.27. The number of hydrogen-bond acceptors (Lipinski definition) is 4. The predicted molar refractivity (Wildman–Crippen MR) is 63.5 cm³/mol. The molecule has 0 amide bonds. The second kappa shape index (κ2) is 5.29. The lowest BCUT2D eigenvalue weighted by Crippen LogP contribution is -2.65. The SMILES string of the molecule is COC(=O)C1(COCc2ccccc2)CCN1. The second-order valence-electron chi connectivity index (χ2n) is 4.23. The summed E-state index contributed by atoms with van der Waals surface area (Å²) in [5, 5.41) is 3.10. The number of nitrogens with one attached hydrogen (secondary N) is 1. The van der Waals surface area contributed by atoms with E-state index in [1.54, 1.807) is 0 Å². The molecule has 1 aromatic carbocycles. The van der Waals surface area contributed by atoms with E-state index in [2.05, 4.69) is 5.32 Å². The number of carbonyl (C=O) groups excluding carboxylic acids is 1. The van der Waals surface area contributed by atoms with Crippen molar-refractivity contribution in [3.05, 3.63) is 35.9 Å². The smallest absolute Gasteiger partial charge is 0.328 e. The third kappa shape index (κ3) is 2.65. The van der Waals surface area contributed by atoms with Crippen molar-refractivity contribution in [1.82, 2.24) is 5.32 Å². The molecule has 0 aromatic heterocycles. The van der Waals surface area contributed by atoms with Crippen molar-refractivity contribution in [2.45, 2.75) is 18.6 Å². The molecule has 0 aliphatic carbocycles. The maximum absolute atomic E-state index is 11.6. The van der Waals surface area contributed by atoms with Crippen molar-refractivity contribution in [1.29, 1.82) is 0 Å². The van der Waals surface area contributed by atoms with Crippen molar-refractivity contribution in [3.63, 3.8) is 0 Å². The van der Waals surface area contributed by atoms with E-state index in [1.165, 1.54) is 7.11 Å². The summed E-state index contributed by atoms with van der Waals surface area (Å²) in [6, 6.07) is 9.90. The zero-order chi connectivity index (χ0) is 12.1. The van der Waals surface area contributed by atoms with Crippen LogP contribution in [0.15, 0.2) is 30.3 Å². The van der Waals surface area contributed by atoms with E-state index in [9.17, 15) is 4.79 Å². The van der Waals surface area contributed by atoms with Crippen molar-refractivity contribution in [2.75, 3.05) is 20.3 Å². The van der Waals surface area contributed by atoms with Gasteiger partial charge in [-0.25, -0.2) is 4.79 Å². The van der Waals surface area contributed by atoms with Gasteiger partial charge in [0.2, 0.25) is 0 Å². The summed E-state index contributed by atoms with van der Waals surface area (Å²) in [5.74, 6) is -0.239. The number of benzene rings is 1. The fourth-order valence-electron chi connectivity index (χ4n) is 1.90. The Morgan fingerprint density at radius 2 is 2.12 bits per heavy atom. The average Bonchev–Trinajstić information content (AvgIpc) is 2.33. The van der Waals surface area contributed by atoms with E-state index in [4.69, 9.17) is 9.47 Å². The lowest BCUT2D eigenvalue weighted by Gasteiger charge is -2.39. The van der Waals surface area contributed by atoms with Gasteiger partial charge in [0.05, 0.1) is 20.3 Å². The highest BCUT2D eigenvalue weighted by atomic mass is 16.5. The zero-order valence-electron chi connectivity index (χ0n) is 9.94. The molecule has 4 heteroatoms. The van der Waals surface area contributed by atoms with Crippen LogP contribution in [-0.2, 0) is 20.9 Å². The quantitative estimate of drug-likeness (QED) is 0.777. The second-order valence-corrected chi connectivity index (χ2v) is 4.23. The van der Waals surface area contributed by atoms with Gasteiger partial charge in [0.15, 0.2) is 0 Å². The van der Waals surface area contributed by atoms with Crippen LogP contribution in [0.25, 0.3) is 0 Å². The van der Waals surface area contributed by atoms with Crippen LogP contribution in [0.4, 0.5) is 0 Å². The van der Waals surface area contributed by atoms with Gasteiger partial charge in [-0.05, 0) is 18.5 Å². The summed E-state index contributed by atoms with van der Waals surface area (Å²) in [6.45, 7) is 1.71. The highest BCUT2D eigenvalue weighted by molar-refractivity contribution is 5.82. The Morgan fingerprint density at radius 1 is 1.41 bits per heavy atom. The number of esters is 1. The van der Waals surface area contributed by atoms with Gasteiger partial charge in [0.25, 0.3) is 0 Å². The Hall–Kier alpha value is -1.39. The molecule has 1 heterocycles. The summed E-state index contributed by atoms with van der Waals surface area (Å²) >= 11 is 0. The van der Waals surface area contributed by atoms with E-state index < -0.39 is 5.54 Å². The molecule has 17 heavy (non-hydrogen) atoms. The standard InChI is InChI=1S/C13H17NO3/c1-16-12(15)13(7-8-14-13)10-17-9-11-5-3-2-4-6-11/h2-6,14H,7-10H2,1H3. The van der Waals surface area contributed by atoms with Crippen LogP contribution >= 0.6 is 0 Å². The van der Waals surface area contributed by atoms with Gasteiger partial charge >= 0.3 is 5.97 Å². The monoisotopic (exact) mass is 235 g/mol. The predicted octanol–water partition coefficient (Wildman–Crippen LogP) is 1.11. The van der Waals surface area contributed by atoms with Gasteiger partial charge in [-0.1, -0.05) is 30.3 Å². The van der Waals surface area contributed by atoms with E-state index in [0.717, 1.165) is 18.5 Å². The first-order valence-electron chi connectivity index (χ1n) is 5.72. The minimum Gasteiger partial charge on any atom is -0.468 e. The normalized spacial score (nSPS) is 22.9. The molecule has 1 atom stereocenters. The largest absolute Gasteiger partial charge is 0.468 e. The molecule has 1 N–H and O–H groups in total. The van der Waals surface area contributed by atoms with Crippen molar-refractivity contribution in [2.24, 2.45) is 0 Å². The Balaban J connectivity index is 1.83. The van der Waals surface area contributed by atoms with Gasteiger partial charge in [0.1, 0.15) is 5.54 Å². The first-order valence-corrected chi connectivity index (χ1v) is 5.72. The molecule has 0 bridgehead atoms. The molecule has 0 spiro atoms. The fraction of sp³-hybridized carbons (Fsp3) is 0.462. The minimum absolute atomic E-state index is 0.239. The van der Waals surface area contributed by atoms with E-state index in [-0.39, 0.29) is 5.97 Å². The zero-order valence-corrected chi connectivity index (χ0v) is 9.94. The molecule has 1 fully saturated rings. The van der Waals surface area contributed by atoms with Gasteiger partial charge in [-0.3, -0.25) is 5.32 Å². The van der Waals surface area contributed by atoms with E-state index >= 15 is 0 Å². The molecular weight excluding hydrogens is 218 g/mol. The highest BCUT2D eigenvalue weighted by Crippen LogP contribution is 2.21. The maximum Gasteiger partial charge on any atom is 0.328 e. The molecule has 1 unspecified atom stereocenters. The molecule has 1 saturated heterocycles. The molecule has 2 rings (SSSR count). The van der Waals surface area contributed by atoms with Gasteiger partial charge in [0, 0.05) is 0 Å². The number of ether oxygens (including phenoxy) is 2.